The number of fused-ring (bicyclic) bond motifs is 10. The van der Waals surface area contributed by atoms with Crippen molar-refractivity contribution in [1.82, 2.24) is 0 Å². The fourth-order valence-corrected chi connectivity index (χ4v) is 15.0. The Morgan fingerprint density at radius 2 is 1.25 bits per heavy atom. The van der Waals surface area contributed by atoms with Crippen LogP contribution in [-0.2, 0) is 0 Å². The lowest BCUT2D eigenvalue weighted by Gasteiger charge is -2.52. The summed E-state index contributed by atoms with van der Waals surface area (Å²) in [4.78, 5) is 5.73. The van der Waals surface area contributed by atoms with Gasteiger partial charge < -0.3 is 9.80 Å². The summed E-state index contributed by atoms with van der Waals surface area (Å²) < 4.78 is 0. The first-order valence-electron chi connectivity index (χ1n) is 19.2. The first-order chi connectivity index (χ1) is 25.7. The van der Waals surface area contributed by atoms with E-state index in [0.717, 1.165) is 0 Å². The molecule has 2 nitrogen and oxygen atoms in total. The summed E-state index contributed by atoms with van der Waals surface area (Å²) >= 11 is 4.52. The normalized spacial score (nSPS) is 29.2. The highest BCUT2D eigenvalue weighted by atomic mass is 32.2. The van der Waals surface area contributed by atoms with Crippen LogP contribution in [0.3, 0.4) is 0 Å². The zero-order valence-corrected chi connectivity index (χ0v) is 30.8. The van der Waals surface area contributed by atoms with Gasteiger partial charge in [0.15, 0.2) is 6.71 Å². The van der Waals surface area contributed by atoms with E-state index in [1.165, 1.54) is 68.0 Å². The molecule has 12 rings (SSSR count). The van der Waals surface area contributed by atoms with E-state index in [9.17, 15) is 0 Å². The van der Waals surface area contributed by atoms with Crippen molar-refractivity contribution in [3.8, 4) is 0 Å². The highest BCUT2D eigenvalue weighted by molar-refractivity contribution is 8.01. The molecule has 0 spiro atoms. The molecule has 2 fully saturated rings. The Morgan fingerprint density at radius 3 is 1.96 bits per heavy atom. The number of para-hydroxylation sites is 1. The molecule has 252 valence electrons. The van der Waals surface area contributed by atoms with Gasteiger partial charge in [-0.1, -0.05) is 134 Å². The van der Waals surface area contributed by atoms with Crippen LogP contribution < -0.4 is 15.3 Å². The fourth-order valence-electron chi connectivity index (χ4n) is 11.3. The number of hydrogen-bond donors (Lipinski definition) is 0. The molecular weight excluding hydrogens is 667 g/mol. The van der Waals surface area contributed by atoms with Crippen LogP contribution in [-0.4, -0.2) is 23.5 Å². The molecule has 52 heavy (non-hydrogen) atoms. The van der Waals surface area contributed by atoms with Gasteiger partial charge in [-0.25, -0.2) is 0 Å². The third kappa shape index (κ3) is 4.13. The molecular formula is C47H39BN2S2. The third-order valence-electron chi connectivity index (χ3n) is 13.3. The highest BCUT2D eigenvalue weighted by Gasteiger charge is 2.62. The summed E-state index contributed by atoms with van der Waals surface area (Å²) in [5, 5.41) is 7.31. The molecule has 5 heteroatoms. The minimum Gasteiger partial charge on any atom is -0.352 e. The van der Waals surface area contributed by atoms with E-state index in [1.54, 1.807) is 11.2 Å². The summed E-state index contributed by atoms with van der Waals surface area (Å²) in [6.45, 7) is 2.96. The topological polar surface area (TPSA) is 6.48 Å². The summed E-state index contributed by atoms with van der Waals surface area (Å²) in [5.41, 5.74) is 12.0. The van der Waals surface area contributed by atoms with Gasteiger partial charge in [0.2, 0.25) is 0 Å². The van der Waals surface area contributed by atoms with Crippen molar-refractivity contribution < 1.29 is 0 Å². The van der Waals surface area contributed by atoms with E-state index in [2.05, 4.69) is 186 Å². The van der Waals surface area contributed by atoms with Gasteiger partial charge in [0.1, 0.15) is 0 Å². The van der Waals surface area contributed by atoms with Gasteiger partial charge in [0, 0.05) is 33.1 Å². The highest BCUT2D eigenvalue weighted by Crippen LogP contribution is 2.68. The summed E-state index contributed by atoms with van der Waals surface area (Å²) in [6.07, 6.45) is 9.64. The van der Waals surface area contributed by atoms with Crippen molar-refractivity contribution in [1.29, 1.82) is 0 Å². The summed E-state index contributed by atoms with van der Waals surface area (Å²) in [7, 11) is 0. The maximum Gasteiger partial charge on any atom is 0.193 e. The predicted octanol–water partition coefficient (Wildman–Crippen LogP) is 11.8. The minimum atomic E-state index is 0.374. The standard InChI is InChI=1S/C47H39BN2S2/c1-28-12-9-23-36-37-24-25-40-43-45(37)50(44(28)36)47-39(27-42(52-47)35-22-11-16-30-14-6-8-20-33(30)35)48(43)38-26-41(34-21-10-15-29-13-5-7-19-32(29)34)51-46(38)49(40)31-17-3-2-4-18-31/h2-25,28,38-39,41-42,44,46-47H,26-27H2,1H3. The number of thioether (sulfide) groups is 2. The van der Waals surface area contributed by atoms with E-state index in [0.29, 0.717) is 51.6 Å². The number of nitrogens with zero attached hydrogens (tertiary/aromatic N) is 2. The van der Waals surface area contributed by atoms with Gasteiger partial charge >= 0.3 is 0 Å². The second-order valence-electron chi connectivity index (χ2n) is 15.8. The van der Waals surface area contributed by atoms with E-state index in [-0.39, 0.29) is 0 Å². The molecule has 8 unspecified atom stereocenters. The summed E-state index contributed by atoms with van der Waals surface area (Å²) in [5.74, 6) is 1.59. The van der Waals surface area contributed by atoms with Crippen LogP contribution in [0.1, 0.15) is 47.0 Å². The Labute approximate surface area is 315 Å². The Morgan fingerprint density at radius 1 is 0.635 bits per heavy atom. The van der Waals surface area contributed by atoms with Crippen LogP contribution in [0.25, 0.3) is 27.1 Å². The molecule has 1 aliphatic carbocycles. The van der Waals surface area contributed by atoms with Crippen molar-refractivity contribution in [2.75, 3.05) is 9.80 Å². The van der Waals surface area contributed by atoms with Crippen LogP contribution in [0.4, 0.5) is 17.1 Å². The molecule has 0 amide bonds. The maximum atomic E-state index is 2.96. The van der Waals surface area contributed by atoms with Crippen molar-refractivity contribution in [3.63, 3.8) is 0 Å². The Hall–Kier alpha value is -4.32. The van der Waals surface area contributed by atoms with Gasteiger partial charge in [-0.3, -0.25) is 0 Å². The van der Waals surface area contributed by atoms with Gasteiger partial charge in [-0.15, -0.1) is 23.5 Å². The number of rotatable bonds is 3. The smallest absolute Gasteiger partial charge is 0.193 e. The maximum absolute atomic E-state index is 2.96. The molecule has 6 aromatic carbocycles. The Bertz CT molecular complexity index is 2480. The van der Waals surface area contributed by atoms with Crippen molar-refractivity contribution in [3.05, 3.63) is 162 Å². The van der Waals surface area contributed by atoms with Crippen LogP contribution >= 0.6 is 23.5 Å². The molecule has 6 aromatic rings. The van der Waals surface area contributed by atoms with Crippen LogP contribution in [0.15, 0.2) is 146 Å². The Balaban J connectivity index is 1.07. The lowest BCUT2D eigenvalue weighted by molar-refractivity contribution is 0.550. The SMILES string of the molecule is CC1C=CC=C2c3ccc4c5c3N(C3SC(c6cccc7ccccc67)CC3B5C3CC(c5cccc6ccccc56)SC3N4c3ccccc3)C21. The number of anilines is 3. The third-order valence-corrected chi connectivity index (χ3v) is 16.5. The Kier molecular flexibility index (Phi) is 6.58. The van der Waals surface area contributed by atoms with Gasteiger partial charge in [-0.2, -0.15) is 0 Å². The summed E-state index contributed by atoms with van der Waals surface area (Å²) in [6, 6.07) is 48.9. The molecule has 0 saturated carbocycles. The van der Waals surface area contributed by atoms with E-state index in [4.69, 9.17) is 0 Å². The van der Waals surface area contributed by atoms with E-state index in [1.807, 2.05) is 0 Å². The lowest BCUT2D eigenvalue weighted by atomic mass is 9.26. The molecule has 8 atom stereocenters. The zero-order valence-electron chi connectivity index (χ0n) is 29.2. The zero-order chi connectivity index (χ0) is 34.1. The lowest BCUT2D eigenvalue weighted by Crippen LogP contribution is -2.61. The van der Waals surface area contributed by atoms with Crippen molar-refractivity contribution in [2.45, 2.75) is 58.7 Å². The average molecular weight is 707 g/mol. The largest absolute Gasteiger partial charge is 0.352 e. The first kappa shape index (κ1) is 30.2. The minimum absolute atomic E-state index is 0.374. The number of allylic oxidation sites excluding steroid dienone is 2. The van der Waals surface area contributed by atoms with Crippen LogP contribution in [0, 0.1) is 5.92 Å². The molecule has 5 aliphatic heterocycles. The monoisotopic (exact) mass is 706 g/mol. The van der Waals surface area contributed by atoms with E-state index < -0.39 is 0 Å². The van der Waals surface area contributed by atoms with Crippen molar-refractivity contribution in [2.24, 2.45) is 5.92 Å². The van der Waals surface area contributed by atoms with Gasteiger partial charge in [0.05, 0.1) is 16.8 Å². The number of hydrogen-bond acceptors (Lipinski definition) is 4. The molecule has 0 N–H and O–H groups in total. The van der Waals surface area contributed by atoms with Gasteiger partial charge in [0.25, 0.3) is 0 Å². The second-order valence-corrected chi connectivity index (χ2v) is 18.5. The molecule has 0 aromatic heterocycles. The molecule has 0 bridgehead atoms. The van der Waals surface area contributed by atoms with Crippen LogP contribution in [0.2, 0.25) is 11.6 Å². The molecule has 0 radical (unpaired) electrons. The second kappa shape index (κ2) is 11.3. The van der Waals surface area contributed by atoms with Crippen molar-refractivity contribution >= 4 is 79.9 Å². The number of benzene rings is 6. The first-order valence-corrected chi connectivity index (χ1v) is 21.1. The molecule has 2 saturated heterocycles. The van der Waals surface area contributed by atoms with Gasteiger partial charge in [-0.05, 0) is 92.3 Å². The van der Waals surface area contributed by atoms with Crippen LogP contribution in [0.5, 0.6) is 0 Å². The van der Waals surface area contributed by atoms with E-state index >= 15 is 0 Å². The predicted molar refractivity (Wildman–Crippen MR) is 226 cm³/mol. The fraction of sp³-hybridized carbons (Fsp3) is 0.234. The molecule has 5 heterocycles. The molecule has 6 aliphatic rings. The average Bonchev–Trinajstić information content (AvgIpc) is 3.92. The quantitative estimate of drug-likeness (QED) is 0.169.